The van der Waals surface area contributed by atoms with Gasteiger partial charge in [-0.2, -0.15) is 0 Å². The van der Waals surface area contributed by atoms with Crippen LogP contribution in [0.25, 0.3) is 0 Å². The summed E-state index contributed by atoms with van der Waals surface area (Å²) in [6.07, 6.45) is 3.15. The molecule has 0 aliphatic rings. The van der Waals surface area contributed by atoms with Crippen LogP contribution in [-0.4, -0.2) is 29.7 Å². The third-order valence-electron chi connectivity index (χ3n) is 3.19. The molecule has 1 rings (SSSR count). The van der Waals surface area contributed by atoms with E-state index in [-0.39, 0.29) is 5.91 Å². The summed E-state index contributed by atoms with van der Waals surface area (Å²) in [6, 6.07) is 3.53. The summed E-state index contributed by atoms with van der Waals surface area (Å²) < 4.78 is 11.1. The van der Waals surface area contributed by atoms with Gasteiger partial charge in [0.1, 0.15) is 5.60 Å². The Bertz CT molecular complexity index is 459. The second-order valence-corrected chi connectivity index (χ2v) is 5.95. The van der Waals surface area contributed by atoms with Crippen LogP contribution in [0.3, 0.4) is 0 Å². The monoisotopic (exact) mass is 308 g/mol. The van der Waals surface area contributed by atoms with Crippen molar-refractivity contribution >= 4 is 11.6 Å². The van der Waals surface area contributed by atoms with Gasteiger partial charge in [-0.1, -0.05) is 20.8 Å². The van der Waals surface area contributed by atoms with Crippen molar-refractivity contribution in [2.24, 2.45) is 5.92 Å². The predicted octanol–water partition coefficient (Wildman–Crippen LogP) is 3.65. The zero-order valence-electron chi connectivity index (χ0n) is 14.3. The molecule has 0 radical (unpaired) electrons. The van der Waals surface area contributed by atoms with Crippen LogP contribution in [-0.2, 0) is 9.53 Å². The van der Waals surface area contributed by atoms with E-state index in [1.165, 1.54) is 0 Å². The summed E-state index contributed by atoms with van der Waals surface area (Å²) in [5, 5.41) is 2.88. The molecule has 0 spiro atoms. The Morgan fingerprint density at radius 2 is 2.09 bits per heavy atom. The number of aromatic nitrogens is 1. The van der Waals surface area contributed by atoms with E-state index < -0.39 is 5.60 Å². The Labute approximate surface area is 133 Å². The highest BCUT2D eigenvalue weighted by Crippen LogP contribution is 2.24. The SMILES string of the molecule is CCCO[C@](C)(CC(C)C)C(=O)Nc1ccc(OCC)nc1. The van der Waals surface area contributed by atoms with Gasteiger partial charge in [-0.25, -0.2) is 4.98 Å². The largest absolute Gasteiger partial charge is 0.478 e. The standard InChI is InChI=1S/C17H28N2O3/c1-6-10-22-17(5,11-13(3)4)16(20)19-14-8-9-15(18-12-14)21-7-2/h8-9,12-13H,6-7,10-11H2,1-5H3,(H,19,20)/t17-/m1/s1. The average Bonchev–Trinajstić information content (AvgIpc) is 2.46. The van der Waals surface area contributed by atoms with Gasteiger partial charge in [0.15, 0.2) is 0 Å². The Morgan fingerprint density at radius 3 is 2.59 bits per heavy atom. The number of nitrogens with zero attached hydrogens (tertiary/aromatic N) is 1. The number of anilines is 1. The van der Waals surface area contributed by atoms with Crippen molar-refractivity contribution in [2.45, 2.75) is 53.1 Å². The molecule has 1 aromatic heterocycles. The van der Waals surface area contributed by atoms with E-state index in [1.54, 1.807) is 18.3 Å². The van der Waals surface area contributed by atoms with Gasteiger partial charge in [0.25, 0.3) is 5.91 Å². The van der Waals surface area contributed by atoms with Gasteiger partial charge in [0.2, 0.25) is 5.88 Å². The van der Waals surface area contributed by atoms with Gasteiger partial charge in [-0.05, 0) is 38.7 Å². The zero-order valence-corrected chi connectivity index (χ0v) is 14.3. The summed E-state index contributed by atoms with van der Waals surface area (Å²) in [7, 11) is 0. The fraction of sp³-hybridized carbons (Fsp3) is 0.647. The highest BCUT2D eigenvalue weighted by atomic mass is 16.5. The number of amides is 1. The van der Waals surface area contributed by atoms with Crippen molar-refractivity contribution in [3.63, 3.8) is 0 Å². The van der Waals surface area contributed by atoms with Crippen molar-refractivity contribution in [3.05, 3.63) is 18.3 Å². The number of carbonyl (C=O) groups excluding carboxylic acids is 1. The number of hydrogen-bond donors (Lipinski definition) is 1. The molecule has 0 saturated carbocycles. The van der Waals surface area contributed by atoms with Crippen LogP contribution >= 0.6 is 0 Å². The lowest BCUT2D eigenvalue weighted by Gasteiger charge is -2.30. The van der Waals surface area contributed by atoms with Crippen molar-refractivity contribution < 1.29 is 14.3 Å². The molecule has 1 N–H and O–H groups in total. The number of rotatable bonds is 9. The first-order chi connectivity index (χ1) is 10.4. The lowest BCUT2D eigenvalue weighted by atomic mass is 9.93. The molecule has 0 aliphatic heterocycles. The van der Waals surface area contributed by atoms with Gasteiger partial charge in [-0.3, -0.25) is 4.79 Å². The first kappa shape index (κ1) is 18.4. The molecule has 22 heavy (non-hydrogen) atoms. The van der Waals surface area contributed by atoms with Crippen LogP contribution in [0.2, 0.25) is 0 Å². The molecule has 1 heterocycles. The van der Waals surface area contributed by atoms with Crippen LogP contribution in [0, 0.1) is 5.92 Å². The molecular formula is C17H28N2O3. The Balaban J connectivity index is 2.76. The topological polar surface area (TPSA) is 60.5 Å². The van der Waals surface area contributed by atoms with Gasteiger partial charge in [0.05, 0.1) is 18.5 Å². The second kappa shape index (κ2) is 8.73. The van der Waals surface area contributed by atoms with Gasteiger partial charge in [0, 0.05) is 12.7 Å². The minimum absolute atomic E-state index is 0.138. The predicted molar refractivity (Wildman–Crippen MR) is 88.1 cm³/mol. The first-order valence-corrected chi connectivity index (χ1v) is 7.95. The third kappa shape index (κ3) is 5.64. The van der Waals surface area contributed by atoms with Gasteiger partial charge >= 0.3 is 0 Å². The van der Waals surface area contributed by atoms with Crippen molar-refractivity contribution in [1.82, 2.24) is 4.98 Å². The molecule has 1 atom stereocenters. The molecule has 0 fully saturated rings. The van der Waals surface area contributed by atoms with Crippen molar-refractivity contribution in [2.75, 3.05) is 18.5 Å². The molecule has 0 aromatic carbocycles. The van der Waals surface area contributed by atoms with Crippen LogP contribution < -0.4 is 10.1 Å². The van der Waals surface area contributed by atoms with Crippen molar-refractivity contribution in [1.29, 1.82) is 0 Å². The van der Waals surface area contributed by atoms with Gasteiger partial charge < -0.3 is 14.8 Å². The summed E-state index contributed by atoms with van der Waals surface area (Å²) in [4.78, 5) is 16.7. The van der Waals surface area contributed by atoms with E-state index in [2.05, 4.69) is 24.1 Å². The average molecular weight is 308 g/mol. The van der Waals surface area contributed by atoms with E-state index in [0.717, 1.165) is 6.42 Å². The lowest BCUT2D eigenvalue weighted by Crippen LogP contribution is -2.44. The molecule has 0 unspecified atom stereocenters. The fourth-order valence-electron chi connectivity index (χ4n) is 2.27. The molecule has 0 aliphatic carbocycles. The lowest BCUT2D eigenvalue weighted by molar-refractivity contribution is -0.141. The van der Waals surface area contributed by atoms with Crippen LogP contribution in [0.5, 0.6) is 5.88 Å². The normalized spacial score (nSPS) is 13.7. The Morgan fingerprint density at radius 1 is 1.36 bits per heavy atom. The molecule has 124 valence electrons. The molecule has 1 aromatic rings. The van der Waals surface area contributed by atoms with Crippen molar-refractivity contribution in [3.8, 4) is 5.88 Å². The number of hydrogen-bond acceptors (Lipinski definition) is 4. The smallest absolute Gasteiger partial charge is 0.256 e. The third-order valence-corrected chi connectivity index (χ3v) is 3.19. The minimum Gasteiger partial charge on any atom is -0.478 e. The Kier molecular flexibility index (Phi) is 7.32. The molecule has 1 amide bonds. The highest BCUT2D eigenvalue weighted by Gasteiger charge is 2.34. The van der Waals surface area contributed by atoms with E-state index in [4.69, 9.17) is 9.47 Å². The van der Waals surface area contributed by atoms with E-state index in [9.17, 15) is 4.79 Å². The van der Waals surface area contributed by atoms with E-state index >= 15 is 0 Å². The Hall–Kier alpha value is -1.62. The maximum Gasteiger partial charge on any atom is 0.256 e. The number of ether oxygens (including phenoxy) is 2. The maximum atomic E-state index is 12.6. The zero-order chi connectivity index (χ0) is 16.6. The molecule has 5 nitrogen and oxygen atoms in total. The molecule has 5 heteroatoms. The van der Waals surface area contributed by atoms with Gasteiger partial charge in [-0.15, -0.1) is 0 Å². The van der Waals surface area contributed by atoms with E-state index in [0.29, 0.717) is 37.1 Å². The quantitative estimate of drug-likeness (QED) is 0.756. The molecular weight excluding hydrogens is 280 g/mol. The van der Waals surface area contributed by atoms with E-state index in [1.807, 2.05) is 20.8 Å². The number of nitrogens with one attached hydrogen (secondary N) is 1. The summed E-state index contributed by atoms with van der Waals surface area (Å²) >= 11 is 0. The summed E-state index contributed by atoms with van der Waals surface area (Å²) in [5.74, 6) is 0.777. The minimum atomic E-state index is -0.831. The van der Waals surface area contributed by atoms with Crippen LogP contribution in [0.15, 0.2) is 18.3 Å². The first-order valence-electron chi connectivity index (χ1n) is 7.95. The fourth-order valence-corrected chi connectivity index (χ4v) is 2.27. The summed E-state index contributed by atoms with van der Waals surface area (Å²) in [6.45, 7) is 11.1. The highest BCUT2D eigenvalue weighted by molar-refractivity contribution is 5.96. The molecule has 0 saturated heterocycles. The van der Waals surface area contributed by atoms with Crippen LogP contribution in [0.1, 0.15) is 47.5 Å². The molecule has 0 bridgehead atoms. The maximum absolute atomic E-state index is 12.6. The number of pyridine rings is 1. The second-order valence-electron chi connectivity index (χ2n) is 5.95. The number of carbonyl (C=O) groups is 1. The van der Waals surface area contributed by atoms with Crippen LogP contribution in [0.4, 0.5) is 5.69 Å². The summed E-state index contributed by atoms with van der Waals surface area (Å²) in [5.41, 5.74) is -0.188.